The first-order chi connectivity index (χ1) is 8.15. The summed E-state index contributed by atoms with van der Waals surface area (Å²) in [7, 11) is 0. The predicted octanol–water partition coefficient (Wildman–Crippen LogP) is 1.48. The molecule has 0 spiro atoms. The number of benzene rings is 1. The second kappa shape index (κ2) is 5.08. The van der Waals surface area contributed by atoms with Gasteiger partial charge < -0.3 is 15.8 Å². The summed E-state index contributed by atoms with van der Waals surface area (Å²) in [6.45, 7) is 2.76. The molecule has 1 fully saturated rings. The fraction of sp³-hybridized carbons (Fsp3) is 0.462. The van der Waals surface area contributed by atoms with Crippen LogP contribution in [0.4, 0.5) is 5.69 Å². The van der Waals surface area contributed by atoms with E-state index in [2.05, 4.69) is 5.32 Å². The zero-order valence-corrected chi connectivity index (χ0v) is 10.0. The van der Waals surface area contributed by atoms with E-state index in [0.717, 1.165) is 17.8 Å². The number of hydrogen-bond acceptors (Lipinski definition) is 3. The summed E-state index contributed by atoms with van der Waals surface area (Å²) in [6, 6.07) is 5.40. The highest BCUT2D eigenvalue weighted by Gasteiger charge is 2.21. The molecule has 1 aliphatic rings. The molecule has 0 heterocycles. The maximum atomic E-state index is 11.4. The highest BCUT2D eigenvalue weighted by Crippen LogP contribution is 2.27. The minimum Gasteiger partial charge on any atom is -0.484 e. The van der Waals surface area contributed by atoms with Crippen LogP contribution in [0.3, 0.4) is 0 Å². The summed E-state index contributed by atoms with van der Waals surface area (Å²) >= 11 is 0. The van der Waals surface area contributed by atoms with Crippen molar-refractivity contribution in [2.24, 2.45) is 5.92 Å². The fourth-order valence-electron chi connectivity index (χ4n) is 1.52. The number of rotatable bonds is 5. The minimum atomic E-state index is -0.0635. The Morgan fingerprint density at radius 1 is 1.53 bits per heavy atom. The number of ether oxygens (including phenoxy) is 1. The number of anilines is 1. The number of hydrogen-bond donors (Lipinski definition) is 2. The molecule has 1 aromatic carbocycles. The van der Waals surface area contributed by atoms with Gasteiger partial charge in [0.15, 0.2) is 6.61 Å². The van der Waals surface area contributed by atoms with Crippen LogP contribution in [0.2, 0.25) is 0 Å². The van der Waals surface area contributed by atoms with Crippen LogP contribution in [-0.4, -0.2) is 19.1 Å². The third-order valence-corrected chi connectivity index (χ3v) is 2.90. The van der Waals surface area contributed by atoms with Crippen molar-refractivity contribution in [3.8, 4) is 5.75 Å². The Morgan fingerprint density at radius 3 is 2.94 bits per heavy atom. The van der Waals surface area contributed by atoms with E-state index in [1.165, 1.54) is 12.8 Å². The maximum absolute atomic E-state index is 11.4. The SMILES string of the molecule is Cc1cc(OCC(=O)NCC2CC2)ccc1N. The van der Waals surface area contributed by atoms with Crippen molar-refractivity contribution in [1.82, 2.24) is 5.32 Å². The van der Waals surface area contributed by atoms with Crippen LogP contribution in [0.15, 0.2) is 18.2 Å². The molecule has 92 valence electrons. The normalized spacial score (nSPS) is 14.4. The van der Waals surface area contributed by atoms with Crippen molar-refractivity contribution in [2.45, 2.75) is 19.8 Å². The Balaban J connectivity index is 1.75. The van der Waals surface area contributed by atoms with E-state index in [0.29, 0.717) is 11.7 Å². The van der Waals surface area contributed by atoms with Crippen molar-refractivity contribution in [2.75, 3.05) is 18.9 Å². The molecule has 0 radical (unpaired) electrons. The molecule has 17 heavy (non-hydrogen) atoms. The molecule has 1 aromatic rings. The molecule has 1 amide bonds. The molecule has 4 nitrogen and oxygen atoms in total. The van der Waals surface area contributed by atoms with Crippen LogP contribution < -0.4 is 15.8 Å². The lowest BCUT2D eigenvalue weighted by molar-refractivity contribution is -0.123. The van der Waals surface area contributed by atoms with Gasteiger partial charge in [0.25, 0.3) is 5.91 Å². The van der Waals surface area contributed by atoms with E-state index < -0.39 is 0 Å². The van der Waals surface area contributed by atoms with Gasteiger partial charge in [-0.2, -0.15) is 0 Å². The summed E-state index contributed by atoms with van der Waals surface area (Å²) in [4.78, 5) is 11.4. The van der Waals surface area contributed by atoms with Crippen LogP contribution >= 0.6 is 0 Å². The number of nitrogen functional groups attached to an aromatic ring is 1. The molecule has 2 rings (SSSR count). The average Bonchev–Trinajstić information content (AvgIpc) is 3.12. The standard InChI is InChI=1S/C13H18N2O2/c1-9-6-11(4-5-12(9)14)17-8-13(16)15-7-10-2-3-10/h4-6,10H,2-3,7-8,14H2,1H3,(H,15,16). The van der Waals surface area contributed by atoms with Crippen molar-refractivity contribution in [3.63, 3.8) is 0 Å². The molecule has 0 bridgehead atoms. The van der Waals surface area contributed by atoms with E-state index in [4.69, 9.17) is 10.5 Å². The summed E-state index contributed by atoms with van der Waals surface area (Å²) < 4.78 is 5.39. The quantitative estimate of drug-likeness (QED) is 0.758. The average molecular weight is 234 g/mol. The fourth-order valence-corrected chi connectivity index (χ4v) is 1.52. The highest BCUT2D eigenvalue weighted by molar-refractivity contribution is 5.77. The first kappa shape index (κ1) is 11.8. The van der Waals surface area contributed by atoms with Gasteiger partial charge in [0.1, 0.15) is 5.75 Å². The summed E-state index contributed by atoms with van der Waals surface area (Å²) in [5, 5.41) is 2.85. The lowest BCUT2D eigenvalue weighted by Crippen LogP contribution is -2.30. The third-order valence-electron chi connectivity index (χ3n) is 2.90. The zero-order valence-electron chi connectivity index (χ0n) is 10.0. The molecule has 0 aliphatic heterocycles. The topological polar surface area (TPSA) is 64.3 Å². The Labute approximate surface area is 101 Å². The zero-order chi connectivity index (χ0) is 12.3. The van der Waals surface area contributed by atoms with Crippen LogP contribution in [0.5, 0.6) is 5.75 Å². The van der Waals surface area contributed by atoms with Crippen molar-refractivity contribution < 1.29 is 9.53 Å². The van der Waals surface area contributed by atoms with Gasteiger partial charge in [0, 0.05) is 12.2 Å². The smallest absolute Gasteiger partial charge is 0.257 e. The molecule has 4 heteroatoms. The lowest BCUT2D eigenvalue weighted by atomic mass is 10.2. The van der Waals surface area contributed by atoms with Gasteiger partial charge in [-0.1, -0.05) is 0 Å². The monoisotopic (exact) mass is 234 g/mol. The number of nitrogens with two attached hydrogens (primary N) is 1. The Bertz CT molecular complexity index is 414. The van der Waals surface area contributed by atoms with Crippen molar-refractivity contribution >= 4 is 11.6 Å². The van der Waals surface area contributed by atoms with Gasteiger partial charge in [-0.3, -0.25) is 4.79 Å². The van der Waals surface area contributed by atoms with Crippen LogP contribution in [-0.2, 0) is 4.79 Å². The van der Waals surface area contributed by atoms with Crippen LogP contribution in [0.25, 0.3) is 0 Å². The van der Waals surface area contributed by atoms with Crippen molar-refractivity contribution in [3.05, 3.63) is 23.8 Å². The Morgan fingerprint density at radius 2 is 2.29 bits per heavy atom. The second-order valence-electron chi connectivity index (χ2n) is 4.55. The van der Waals surface area contributed by atoms with Gasteiger partial charge >= 0.3 is 0 Å². The van der Waals surface area contributed by atoms with Crippen molar-refractivity contribution in [1.29, 1.82) is 0 Å². The van der Waals surface area contributed by atoms with Gasteiger partial charge in [0.05, 0.1) is 0 Å². The molecule has 0 atom stereocenters. The first-order valence-corrected chi connectivity index (χ1v) is 5.91. The molecule has 1 saturated carbocycles. The second-order valence-corrected chi connectivity index (χ2v) is 4.55. The summed E-state index contributed by atoms with van der Waals surface area (Å²) in [5.74, 6) is 1.31. The van der Waals surface area contributed by atoms with Crippen LogP contribution in [0, 0.1) is 12.8 Å². The molecule has 0 aromatic heterocycles. The number of carbonyl (C=O) groups excluding carboxylic acids is 1. The van der Waals surface area contributed by atoms with E-state index in [-0.39, 0.29) is 12.5 Å². The third kappa shape index (κ3) is 3.66. The molecule has 0 unspecified atom stereocenters. The van der Waals surface area contributed by atoms with E-state index in [1.54, 1.807) is 12.1 Å². The number of nitrogens with one attached hydrogen (secondary N) is 1. The number of aryl methyl sites for hydroxylation is 1. The molecule has 1 aliphatic carbocycles. The summed E-state index contributed by atoms with van der Waals surface area (Å²) in [5.41, 5.74) is 7.39. The van der Waals surface area contributed by atoms with Gasteiger partial charge in [-0.05, 0) is 49.4 Å². The predicted molar refractivity (Wildman–Crippen MR) is 66.8 cm³/mol. The van der Waals surface area contributed by atoms with Crippen LogP contribution in [0.1, 0.15) is 18.4 Å². The molecular weight excluding hydrogens is 216 g/mol. The molecular formula is C13H18N2O2. The highest BCUT2D eigenvalue weighted by atomic mass is 16.5. The summed E-state index contributed by atoms with van der Waals surface area (Å²) in [6.07, 6.45) is 2.47. The Hall–Kier alpha value is -1.71. The lowest BCUT2D eigenvalue weighted by Gasteiger charge is -2.08. The first-order valence-electron chi connectivity index (χ1n) is 5.91. The minimum absolute atomic E-state index is 0.0635. The molecule has 3 N–H and O–H groups in total. The van der Waals surface area contributed by atoms with Gasteiger partial charge in [-0.15, -0.1) is 0 Å². The largest absolute Gasteiger partial charge is 0.484 e. The maximum Gasteiger partial charge on any atom is 0.257 e. The molecule has 0 saturated heterocycles. The van der Waals surface area contributed by atoms with E-state index >= 15 is 0 Å². The number of carbonyl (C=O) groups is 1. The van der Waals surface area contributed by atoms with Gasteiger partial charge in [-0.25, -0.2) is 0 Å². The number of amides is 1. The van der Waals surface area contributed by atoms with Gasteiger partial charge in [0.2, 0.25) is 0 Å². The Kier molecular flexibility index (Phi) is 3.52. The van der Waals surface area contributed by atoms with E-state index in [9.17, 15) is 4.79 Å². The van der Waals surface area contributed by atoms with E-state index in [1.807, 2.05) is 13.0 Å².